The molecule has 4 aromatic heterocycles. The lowest BCUT2D eigenvalue weighted by atomic mass is 10.0. The molecule has 0 unspecified atom stereocenters. The molecule has 7 nitrogen and oxygen atoms in total. The number of aromatic nitrogens is 4. The van der Waals surface area contributed by atoms with Crippen LogP contribution in [-0.4, -0.2) is 25.8 Å². The van der Waals surface area contributed by atoms with Crippen LogP contribution in [0.2, 0.25) is 0 Å². The van der Waals surface area contributed by atoms with Gasteiger partial charge in [-0.3, -0.25) is 4.79 Å². The van der Waals surface area contributed by atoms with Gasteiger partial charge in [-0.05, 0) is 48.0 Å². The average Bonchev–Trinajstić information content (AvgIpc) is 3.32. The van der Waals surface area contributed by atoms with E-state index in [0.29, 0.717) is 16.8 Å². The zero-order valence-corrected chi connectivity index (χ0v) is 19.3. The fourth-order valence-corrected chi connectivity index (χ4v) is 3.93. The van der Waals surface area contributed by atoms with E-state index < -0.39 is 23.5 Å². The Hall–Kier alpha value is -5.11. The molecule has 5 aromatic rings. The number of H-pyrrole nitrogens is 1. The number of anilines is 1. The smallest absolute Gasteiger partial charge is 0.339 e. The van der Waals surface area contributed by atoms with Crippen LogP contribution in [0.15, 0.2) is 73.2 Å². The lowest BCUT2D eigenvalue weighted by molar-refractivity contribution is -0.137. The second kappa shape index (κ2) is 9.74. The van der Waals surface area contributed by atoms with Crippen molar-refractivity contribution >= 4 is 22.8 Å². The molecule has 0 bridgehead atoms. The maximum Gasteiger partial charge on any atom is 0.416 e. The molecule has 1 amide bonds. The first-order valence-electron chi connectivity index (χ1n) is 11.2. The van der Waals surface area contributed by atoms with Crippen LogP contribution in [0, 0.1) is 17.1 Å². The first-order valence-corrected chi connectivity index (χ1v) is 11.2. The van der Waals surface area contributed by atoms with Crippen LogP contribution in [0.1, 0.15) is 16.8 Å². The van der Waals surface area contributed by atoms with Crippen molar-refractivity contribution in [2.75, 3.05) is 5.32 Å². The molecule has 0 aliphatic rings. The maximum atomic E-state index is 15.0. The number of nitrogens with one attached hydrogen (secondary N) is 2. The van der Waals surface area contributed by atoms with E-state index in [1.54, 1.807) is 24.3 Å². The summed E-state index contributed by atoms with van der Waals surface area (Å²) >= 11 is 0. The molecule has 0 saturated heterocycles. The normalized spacial score (nSPS) is 11.3. The minimum absolute atomic E-state index is 0.247. The number of benzene rings is 1. The first kappa shape index (κ1) is 24.6. The van der Waals surface area contributed by atoms with Gasteiger partial charge in [-0.15, -0.1) is 0 Å². The summed E-state index contributed by atoms with van der Waals surface area (Å²) in [6.45, 7) is 0. The lowest BCUT2D eigenvalue weighted by Crippen LogP contribution is -2.16. The molecule has 11 heteroatoms. The lowest BCUT2D eigenvalue weighted by Gasteiger charge is -2.10. The van der Waals surface area contributed by atoms with Crippen molar-refractivity contribution in [1.82, 2.24) is 19.9 Å². The summed E-state index contributed by atoms with van der Waals surface area (Å²) in [7, 11) is 0. The fourth-order valence-electron chi connectivity index (χ4n) is 3.93. The van der Waals surface area contributed by atoms with Crippen molar-refractivity contribution in [2.45, 2.75) is 12.6 Å². The predicted octanol–water partition coefficient (Wildman–Crippen LogP) is 5.90. The largest absolute Gasteiger partial charge is 0.416 e. The molecule has 2 N–H and O–H groups in total. The van der Waals surface area contributed by atoms with Crippen LogP contribution in [0.25, 0.3) is 33.4 Å². The summed E-state index contributed by atoms with van der Waals surface area (Å²) in [6.07, 6.45) is -0.831. The molecule has 1 aromatic carbocycles. The van der Waals surface area contributed by atoms with E-state index in [1.165, 1.54) is 24.5 Å². The number of hydrogen-bond donors (Lipinski definition) is 2. The summed E-state index contributed by atoms with van der Waals surface area (Å²) in [5.41, 5.74) is 2.50. The molecule has 0 aliphatic heterocycles. The van der Waals surface area contributed by atoms with Crippen LogP contribution in [0.5, 0.6) is 0 Å². The van der Waals surface area contributed by atoms with Gasteiger partial charge in [0, 0.05) is 46.4 Å². The number of alkyl halides is 3. The summed E-state index contributed by atoms with van der Waals surface area (Å²) < 4.78 is 53.6. The van der Waals surface area contributed by atoms with E-state index in [9.17, 15) is 18.0 Å². The highest BCUT2D eigenvalue weighted by Crippen LogP contribution is 2.31. The van der Waals surface area contributed by atoms with Gasteiger partial charge < -0.3 is 10.3 Å². The Morgan fingerprint density at radius 1 is 0.974 bits per heavy atom. The summed E-state index contributed by atoms with van der Waals surface area (Å²) in [5.74, 6) is -1.47. The number of halogens is 4. The summed E-state index contributed by atoms with van der Waals surface area (Å²) in [4.78, 5) is 27.6. The maximum absolute atomic E-state index is 15.0. The predicted molar refractivity (Wildman–Crippen MR) is 131 cm³/mol. The number of carbonyl (C=O) groups is 1. The Kier molecular flexibility index (Phi) is 6.30. The molecule has 5 rings (SSSR count). The van der Waals surface area contributed by atoms with Crippen molar-refractivity contribution in [1.29, 1.82) is 5.26 Å². The van der Waals surface area contributed by atoms with E-state index in [1.807, 2.05) is 12.1 Å². The number of aromatic amines is 1. The molecule has 0 radical (unpaired) electrons. The molecule has 188 valence electrons. The number of nitriles is 1. The van der Waals surface area contributed by atoms with E-state index in [-0.39, 0.29) is 23.5 Å². The number of carbonyl (C=O) groups excluding carboxylic acids is 1. The van der Waals surface area contributed by atoms with Gasteiger partial charge >= 0.3 is 6.18 Å². The highest BCUT2D eigenvalue weighted by Gasteiger charge is 2.30. The molecule has 38 heavy (non-hydrogen) atoms. The van der Waals surface area contributed by atoms with Gasteiger partial charge in [-0.25, -0.2) is 19.3 Å². The molecule has 0 spiro atoms. The second-order valence-corrected chi connectivity index (χ2v) is 8.35. The minimum Gasteiger partial charge on any atom is -0.339 e. The molecule has 0 atom stereocenters. The molecule has 0 aliphatic carbocycles. The van der Waals surface area contributed by atoms with Crippen molar-refractivity contribution in [2.24, 2.45) is 0 Å². The molecular weight excluding hydrogens is 500 g/mol. The molecule has 0 saturated carbocycles. The monoisotopic (exact) mass is 516 g/mol. The summed E-state index contributed by atoms with van der Waals surface area (Å²) in [6, 6.07) is 14.8. The van der Waals surface area contributed by atoms with Gasteiger partial charge in [-0.2, -0.15) is 18.4 Å². The zero-order valence-electron chi connectivity index (χ0n) is 19.3. The molecular formula is C27H16F4N6O. The van der Waals surface area contributed by atoms with Crippen molar-refractivity contribution in [3.05, 3.63) is 95.8 Å². The Bertz CT molecular complexity index is 1720. The highest BCUT2D eigenvalue weighted by molar-refractivity contribution is 5.91. The fraction of sp³-hybridized carbons (Fsp3) is 0.0741. The Morgan fingerprint density at radius 2 is 1.79 bits per heavy atom. The minimum atomic E-state index is -4.57. The highest BCUT2D eigenvalue weighted by atomic mass is 19.4. The third-order valence-corrected chi connectivity index (χ3v) is 5.72. The van der Waals surface area contributed by atoms with E-state index in [2.05, 4.69) is 25.3 Å². The van der Waals surface area contributed by atoms with E-state index in [4.69, 9.17) is 5.26 Å². The second-order valence-electron chi connectivity index (χ2n) is 8.35. The van der Waals surface area contributed by atoms with Crippen LogP contribution in [-0.2, 0) is 17.4 Å². The van der Waals surface area contributed by atoms with Gasteiger partial charge in [0.1, 0.15) is 29.0 Å². The first-order chi connectivity index (χ1) is 18.2. The van der Waals surface area contributed by atoms with Crippen LogP contribution < -0.4 is 5.32 Å². The van der Waals surface area contributed by atoms with E-state index in [0.717, 1.165) is 35.0 Å². The van der Waals surface area contributed by atoms with Gasteiger partial charge in [0.05, 0.1) is 12.0 Å². The van der Waals surface area contributed by atoms with Crippen molar-refractivity contribution in [3.63, 3.8) is 0 Å². The van der Waals surface area contributed by atoms with Crippen molar-refractivity contribution < 1.29 is 22.4 Å². The third kappa shape index (κ3) is 5.19. The zero-order chi connectivity index (χ0) is 26.9. The van der Waals surface area contributed by atoms with Gasteiger partial charge in [0.15, 0.2) is 0 Å². The number of rotatable bonds is 5. The SMILES string of the molecule is N#Cc1cc(-c2cc3cc(-c4ccc(CC(=O)Nc5cc(C(F)(F)F)ccn5)cc4F)cnc3[nH]2)ccn1. The standard InChI is InChI=1S/C27H16F4N6O/c28-22-7-15(8-25(38)37-24-12-19(4-6-34-24)27(29,30)31)1-2-21(22)18-9-17-11-23(36-26(17)35-14-18)16-3-5-33-20(10-16)13-32/h1-7,9-12,14H,8H2,(H,35,36)(H,34,37,38). The quantitative estimate of drug-likeness (QED) is 0.283. The topological polar surface area (TPSA) is 107 Å². The van der Waals surface area contributed by atoms with Gasteiger partial charge in [0.2, 0.25) is 5.91 Å². The molecule has 0 fully saturated rings. The Morgan fingerprint density at radius 3 is 2.55 bits per heavy atom. The number of amides is 1. The van der Waals surface area contributed by atoms with Crippen LogP contribution in [0.3, 0.4) is 0 Å². The van der Waals surface area contributed by atoms with Gasteiger partial charge in [-0.1, -0.05) is 12.1 Å². The number of pyridine rings is 3. The van der Waals surface area contributed by atoms with Crippen molar-refractivity contribution in [3.8, 4) is 28.5 Å². The van der Waals surface area contributed by atoms with E-state index >= 15 is 4.39 Å². The Labute approximate surface area is 212 Å². The Balaban J connectivity index is 1.33. The number of hydrogen-bond acceptors (Lipinski definition) is 5. The molecule has 4 heterocycles. The van der Waals surface area contributed by atoms with Gasteiger partial charge in [0.25, 0.3) is 0 Å². The van der Waals surface area contributed by atoms with Crippen LogP contribution in [0.4, 0.5) is 23.4 Å². The van der Waals surface area contributed by atoms with Crippen LogP contribution >= 0.6 is 0 Å². The number of nitrogens with zero attached hydrogens (tertiary/aromatic N) is 4. The third-order valence-electron chi connectivity index (χ3n) is 5.72. The summed E-state index contributed by atoms with van der Waals surface area (Å²) in [5, 5.41) is 12.1. The number of fused-ring (bicyclic) bond motifs is 1. The average molecular weight is 516 g/mol.